The third-order valence-corrected chi connectivity index (χ3v) is 6.98. The van der Waals surface area contributed by atoms with Gasteiger partial charge < -0.3 is 4.74 Å². The molecule has 2 aromatic rings. The topological polar surface area (TPSA) is 76.6 Å². The molecule has 6 nitrogen and oxygen atoms in total. The lowest BCUT2D eigenvalue weighted by Gasteiger charge is -2.30. The van der Waals surface area contributed by atoms with E-state index in [1.54, 1.807) is 24.4 Å². The summed E-state index contributed by atoms with van der Waals surface area (Å²) < 4.78 is 70.9. The second-order valence-electron chi connectivity index (χ2n) is 6.75. The van der Waals surface area contributed by atoms with Crippen LogP contribution in [-0.4, -0.2) is 36.8 Å². The van der Waals surface area contributed by atoms with Crippen molar-refractivity contribution >= 4 is 27.6 Å². The zero-order chi connectivity index (χ0) is 21.9. The van der Waals surface area contributed by atoms with Crippen molar-refractivity contribution in [2.45, 2.75) is 30.5 Å². The second-order valence-corrected chi connectivity index (χ2v) is 9.09. The van der Waals surface area contributed by atoms with Crippen LogP contribution in [0.3, 0.4) is 0 Å². The Hall–Kier alpha value is -2.17. The van der Waals surface area contributed by atoms with Gasteiger partial charge in [-0.3, -0.25) is 9.78 Å². The number of pyridine rings is 1. The first kappa shape index (κ1) is 22.5. The molecule has 0 amide bonds. The number of rotatable bonds is 5. The molecule has 0 unspecified atom stereocenters. The Bertz CT molecular complexity index is 1010. The van der Waals surface area contributed by atoms with Gasteiger partial charge in [-0.1, -0.05) is 17.7 Å². The van der Waals surface area contributed by atoms with Gasteiger partial charge in [0.25, 0.3) is 0 Å². The lowest BCUT2D eigenvalue weighted by atomic mass is 9.98. The highest BCUT2D eigenvalue weighted by Crippen LogP contribution is 2.36. The van der Waals surface area contributed by atoms with Crippen molar-refractivity contribution in [1.29, 1.82) is 0 Å². The fourth-order valence-electron chi connectivity index (χ4n) is 3.11. The van der Waals surface area contributed by atoms with Crippen molar-refractivity contribution in [2.24, 2.45) is 5.92 Å². The fourth-order valence-corrected chi connectivity index (χ4v) is 4.83. The molecule has 0 aliphatic carbocycles. The number of carbonyl (C=O) groups excluding carboxylic acids is 1. The number of carbonyl (C=O) groups is 1. The number of hydrogen-bond acceptors (Lipinski definition) is 5. The number of ether oxygens (including phenoxy) is 1. The van der Waals surface area contributed by atoms with E-state index >= 15 is 0 Å². The van der Waals surface area contributed by atoms with E-state index in [1.807, 2.05) is 0 Å². The highest BCUT2D eigenvalue weighted by Gasteiger charge is 2.37. The lowest BCUT2D eigenvalue weighted by molar-refractivity contribution is -0.151. The largest absolute Gasteiger partial charge is 0.459 e. The number of sulfonamides is 1. The van der Waals surface area contributed by atoms with Crippen LogP contribution in [0, 0.1) is 5.92 Å². The molecule has 0 radical (unpaired) electrons. The van der Waals surface area contributed by atoms with E-state index in [9.17, 15) is 26.4 Å². The van der Waals surface area contributed by atoms with Gasteiger partial charge in [-0.15, -0.1) is 0 Å². The van der Waals surface area contributed by atoms with Crippen molar-refractivity contribution in [1.82, 2.24) is 9.29 Å². The molecule has 1 aromatic carbocycles. The number of halogens is 4. The molecule has 1 saturated heterocycles. The minimum Gasteiger partial charge on any atom is -0.459 e. The summed E-state index contributed by atoms with van der Waals surface area (Å²) in [5.74, 6) is -0.945. The maximum absolute atomic E-state index is 13.0. The standard InChI is InChI=1S/C19H18ClF3N2O4S/c20-17-5-4-15(11-16(17)19(21,22)23)30(27,28)25-9-6-13(7-10-25)18(26)29-12-14-3-1-2-8-24-14/h1-5,8,11,13H,6-7,9-10,12H2. The second kappa shape index (κ2) is 8.91. The highest BCUT2D eigenvalue weighted by molar-refractivity contribution is 7.89. The molecule has 0 N–H and O–H groups in total. The first-order valence-electron chi connectivity index (χ1n) is 9.02. The first-order chi connectivity index (χ1) is 14.1. The van der Waals surface area contributed by atoms with Crippen molar-refractivity contribution in [3.63, 3.8) is 0 Å². The Morgan fingerprint density at radius 2 is 1.90 bits per heavy atom. The number of alkyl halides is 3. The molecule has 162 valence electrons. The maximum atomic E-state index is 13.0. The van der Waals surface area contributed by atoms with E-state index in [2.05, 4.69) is 4.98 Å². The molecule has 30 heavy (non-hydrogen) atoms. The van der Waals surface area contributed by atoms with Gasteiger partial charge in [0.2, 0.25) is 10.0 Å². The molecule has 1 aliphatic heterocycles. The molecule has 0 spiro atoms. The molecule has 3 rings (SSSR count). The molecule has 1 aromatic heterocycles. The van der Waals surface area contributed by atoms with Gasteiger partial charge >= 0.3 is 12.1 Å². The van der Waals surface area contributed by atoms with Gasteiger partial charge in [0.1, 0.15) is 6.61 Å². The van der Waals surface area contributed by atoms with Crippen molar-refractivity contribution in [3.8, 4) is 0 Å². The number of nitrogens with zero attached hydrogens (tertiary/aromatic N) is 2. The molecule has 2 heterocycles. The van der Waals surface area contributed by atoms with Crippen LogP contribution in [0.15, 0.2) is 47.5 Å². The highest BCUT2D eigenvalue weighted by atomic mass is 35.5. The van der Waals surface area contributed by atoms with E-state index < -0.39 is 43.6 Å². The Kier molecular flexibility index (Phi) is 6.68. The Balaban J connectivity index is 1.63. The van der Waals surface area contributed by atoms with E-state index in [1.165, 1.54) is 0 Å². The van der Waals surface area contributed by atoms with E-state index in [4.69, 9.17) is 16.3 Å². The van der Waals surface area contributed by atoms with Gasteiger partial charge in [0.15, 0.2) is 0 Å². The number of hydrogen-bond donors (Lipinski definition) is 0. The van der Waals surface area contributed by atoms with Crippen molar-refractivity contribution in [2.75, 3.05) is 13.1 Å². The third-order valence-electron chi connectivity index (χ3n) is 4.76. The van der Waals surface area contributed by atoms with Crippen LogP contribution in [0.1, 0.15) is 24.1 Å². The van der Waals surface area contributed by atoms with Crippen LogP contribution in [0.2, 0.25) is 5.02 Å². The summed E-state index contributed by atoms with van der Waals surface area (Å²) in [6.45, 7) is 0.00844. The molecule has 0 bridgehead atoms. The van der Waals surface area contributed by atoms with Crippen molar-refractivity contribution in [3.05, 3.63) is 58.9 Å². The lowest BCUT2D eigenvalue weighted by Crippen LogP contribution is -2.40. The van der Waals surface area contributed by atoms with Crippen LogP contribution in [0.4, 0.5) is 13.2 Å². The fraction of sp³-hybridized carbons (Fsp3) is 0.368. The Morgan fingerprint density at radius 1 is 1.20 bits per heavy atom. The summed E-state index contributed by atoms with van der Waals surface area (Å²) >= 11 is 5.56. The van der Waals surface area contributed by atoms with Crippen LogP contribution in [0.25, 0.3) is 0 Å². The Labute approximate surface area is 176 Å². The van der Waals surface area contributed by atoms with Crippen LogP contribution in [-0.2, 0) is 32.3 Å². The van der Waals surface area contributed by atoms with Crippen molar-refractivity contribution < 1.29 is 31.1 Å². The summed E-state index contributed by atoms with van der Waals surface area (Å²) in [5, 5.41) is -0.573. The van der Waals surface area contributed by atoms with Gasteiger partial charge in [0.05, 0.1) is 27.1 Å². The molecule has 0 atom stereocenters. The minimum atomic E-state index is -4.77. The normalized spacial score (nSPS) is 16.4. The summed E-state index contributed by atoms with van der Waals surface area (Å²) in [5.41, 5.74) is -0.618. The molecule has 11 heteroatoms. The summed E-state index contributed by atoms with van der Waals surface area (Å²) in [6.07, 6.45) is -2.78. The van der Waals surface area contributed by atoms with Crippen LogP contribution in [0.5, 0.6) is 0 Å². The molecule has 1 aliphatic rings. The first-order valence-corrected chi connectivity index (χ1v) is 10.8. The minimum absolute atomic E-state index is 0.00430. The number of benzene rings is 1. The van der Waals surface area contributed by atoms with Gasteiger partial charge in [-0.25, -0.2) is 8.42 Å². The van der Waals surface area contributed by atoms with Gasteiger partial charge in [-0.2, -0.15) is 17.5 Å². The smallest absolute Gasteiger partial charge is 0.417 e. The zero-order valence-electron chi connectivity index (χ0n) is 15.6. The van der Waals surface area contributed by atoms with Gasteiger partial charge in [0, 0.05) is 19.3 Å². The van der Waals surface area contributed by atoms with Crippen LogP contribution >= 0.6 is 11.6 Å². The van der Waals surface area contributed by atoms with E-state index in [-0.39, 0.29) is 32.5 Å². The number of piperidine rings is 1. The van der Waals surface area contributed by atoms with E-state index in [0.717, 1.165) is 16.4 Å². The van der Waals surface area contributed by atoms with Gasteiger partial charge in [-0.05, 0) is 43.2 Å². The molecular formula is C19H18ClF3N2O4S. The quantitative estimate of drug-likeness (QED) is 0.630. The summed E-state index contributed by atoms with van der Waals surface area (Å²) in [6, 6.07) is 7.70. The number of esters is 1. The summed E-state index contributed by atoms with van der Waals surface area (Å²) in [7, 11) is -4.15. The molecule has 1 fully saturated rings. The maximum Gasteiger partial charge on any atom is 0.417 e. The summed E-state index contributed by atoms with van der Waals surface area (Å²) in [4.78, 5) is 15.8. The van der Waals surface area contributed by atoms with E-state index in [0.29, 0.717) is 11.8 Å². The SMILES string of the molecule is O=C(OCc1ccccn1)C1CCN(S(=O)(=O)c2ccc(Cl)c(C(F)(F)F)c2)CC1. The monoisotopic (exact) mass is 462 g/mol. The average Bonchev–Trinajstić information content (AvgIpc) is 2.72. The van der Waals surface area contributed by atoms with Crippen LogP contribution < -0.4 is 0 Å². The zero-order valence-corrected chi connectivity index (χ0v) is 17.2. The molecule has 0 saturated carbocycles. The number of aromatic nitrogens is 1. The third kappa shape index (κ3) is 5.11. The predicted molar refractivity (Wildman–Crippen MR) is 102 cm³/mol. The molecular weight excluding hydrogens is 445 g/mol. The Morgan fingerprint density at radius 3 is 2.50 bits per heavy atom. The predicted octanol–water partition coefficient (Wildman–Crippen LogP) is 3.90. The average molecular weight is 463 g/mol.